The molecular formula is C6H14ClN3. The van der Waals surface area contributed by atoms with Crippen molar-refractivity contribution in [2.45, 2.75) is 0 Å². The monoisotopic (exact) mass is 163 g/mol. The Kier molecular flexibility index (Phi) is 4.23. The van der Waals surface area contributed by atoms with E-state index in [2.05, 4.69) is 22.2 Å². The molecule has 0 spiro atoms. The molecule has 3 nitrogen and oxygen atoms in total. The maximum absolute atomic E-state index is 5.36. The largest absolute Gasteiger partial charge is 0.362 e. The van der Waals surface area contributed by atoms with Crippen LogP contribution in [-0.2, 0) is 0 Å². The van der Waals surface area contributed by atoms with Crippen molar-refractivity contribution in [3.63, 3.8) is 0 Å². The molecule has 1 heterocycles. The van der Waals surface area contributed by atoms with E-state index in [1.54, 1.807) is 0 Å². The van der Waals surface area contributed by atoms with Crippen molar-refractivity contribution in [2.24, 2.45) is 5.73 Å². The van der Waals surface area contributed by atoms with Crippen LogP contribution < -0.4 is 5.73 Å². The van der Waals surface area contributed by atoms with Crippen LogP contribution in [0.3, 0.4) is 0 Å². The second-order valence-corrected chi connectivity index (χ2v) is 2.30. The van der Waals surface area contributed by atoms with Crippen LogP contribution in [0.25, 0.3) is 0 Å². The fourth-order valence-corrected chi connectivity index (χ4v) is 0.900. The summed E-state index contributed by atoms with van der Waals surface area (Å²) in [6, 6.07) is 0. The molecule has 0 aliphatic carbocycles. The van der Waals surface area contributed by atoms with Crippen molar-refractivity contribution in [1.29, 1.82) is 0 Å². The molecule has 0 unspecified atom stereocenters. The molecule has 1 aliphatic rings. The molecule has 60 valence electrons. The van der Waals surface area contributed by atoms with Crippen LogP contribution in [0.1, 0.15) is 0 Å². The lowest BCUT2D eigenvalue weighted by Crippen LogP contribution is -2.27. The molecule has 1 rings (SSSR count). The molecule has 0 aromatic heterocycles. The first kappa shape index (κ1) is 9.59. The Hall–Kier alpha value is -0.410. The van der Waals surface area contributed by atoms with Crippen molar-refractivity contribution >= 4 is 12.4 Å². The second-order valence-electron chi connectivity index (χ2n) is 2.30. The summed E-state index contributed by atoms with van der Waals surface area (Å²) in [4.78, 5) is 4.30. The van der Waals surface area contributed by atoms with Crippen LogP contribution >= 0.6 is 12.4 Å². The van der Waals surface area contributed by atoms with Crippen LogP contribution in [-0.4, -0.2) is 36.6 Å². The first-order valence-electron chi connectivity index (χ1n) is 3.15. The van der Waals surface area contributed by atoms with Crippen molar-refractivity contribution in [1.82, 2.24) is 9.80 Å². The predicted octanol–water partition coefficient (Wildman–Crippen LogP) is 0.0430. The summed E-state index contributed by atoms with van der Waals surface area (Å²) in [6.07, 6.45) is 4.11. The minimum atomic E-state index is 0. The number of hydrogen-bond donors (Lipinski definition) is 1. The van der Waals surface area contributed by atoms with Crippen LogP contribution in [0.4, 0.5) is 0 Å². The van der Waals surface area contributed by atoms with Gasteiger partial charge in [0, 0.05) is 32.5 Å². The summed E-state index contributed by atoms with van der Waals surface area (Å²) in [6.45, 7) is 2.68. The van der Waals surface area contributed by atoms with Gasteiger partial charge in [0.25, 0.3) is 0 Å². The van der Waals surface area contributed by atoms with Gasteiger partial charge in [-0.3, -0.25) is 0 Å². The van der Waals surface area contributed by atoms with E-state index in [0.29, 0.717) is 0 Å². The average Bonchev–Trinajstić information content (AvgIpc) is 2.17. The van der Waals surface area contributed by atoms with Crippen LogP contribution in [0.15, 0.2) is 12.4 Å². The molecule has 0 aromatic carbocycles. The van der Waals surface area contributed by atoms with Gasteiger partial charge in [0.1, 0.15) is 0 Å². The highest BCUT2D eigenvalue weighted by Gasteiger charge is 2.05. The Bertz CT molecular complexity index is 116. The van der Waals surface area contributed by atoms with Gasteiger partial charge in [0.05, 0.1) is 6.67 Å². The van der Waals surface area contributed by atoms with E-state index in [0.717, 1.165) is 19.8 Å². The standard InChI is InChI=1S/C6H13N3.ClH/c1-8-4-5-9(6-8)3-2-7;/h4-5H,2-3,6-7H2,1H3;1H. The molecule has 0 aromatic rings. The maximum atomic E-state index is 5.36. The van der Waals surface area contributed by atoms with E-state index < -0.39 is 0 Å². The van der Waals surface area contributed by atoms with Crippen LogP contribution in [0, 0.1) is 0 Å². The molecular weight excluding hydrogens is 150 g/mol. The van der Waals surface area contributed by atoms with Crippen molar-refractivity contribution in [3.05, 3.63) is 12.4 Å². The molecule has 10 heavy (non-hydrogen) atoms. The Labute approximate surface area is 67.9 Å². The Morgan fingerprint density at radius 2 is 2.20 bits per heavy atom. The van der Waals surface area contributed by atoms with Gasteiger partial charge in [-0.05, 0) is 0 Å². The smallest absolute Gasteiger partial charge is 0.0891 e. The molecule has 0 fully saturated rings. The maximum Gasteiger partial charge on any atom is 0.0891 e. The second kappa shape index (κ2) is 4.41. The van der Waals surface area contributed by atoms with Gasteiger partial charge in [-0.15, -0.1) is 12.4 Å². The zero-order valence-electron chi connectivity index (χ0n) is 6.16. The Morgan fingerprint density at radius 1 is 1.50 bits per heavy atom. The SMILES string of the molecule is CN1C=CN(CCN)C1.Cl. The summed E-state index contributed by atoms with van der Waals surface area (Å²) in [5.74, 6) is 0. The summed E-state index contributed by atoms with van der Waals surface area (Å²) in [5.41, 5.74) is 5.36. The van der Waals surface area contributed by atoms with E-state index >= 15 is 0 Å². The normalized spacial score (nSPS) is 15.8. The predicted molar refractivity (Wildman–Crippen MR) is 44.8 cm³/mol. The van der Waals surface area contributed by atoms with E-state index in [1.807, 2.05) is 7.05 Å². The molecule has 0 saturated heterocycles. The van der Waals surface area contributed by atoms with Crippen molar-refractivity contribution in [3.8, 4) is 0 Å². The minimum absolute atomic E-state index is 0. The lowest BCUT2D eigenvalue weighted by atomic mass is 10.6. The third kappa shape index (κ3) is 2.45. The van der Waals surface area contributed by atoms with Gasteiger partial charge in [-0.1, -0.05) is 0 Å². The molecule has 1 aliphatic heterocycles. The summed E-state index contributed by atoms with van der Waals surface area (Å²) >= 11 is 0. The lowest BCUT2D eigenvalue weighted by molar-refractivity contribution is 0.302. The fraction of sp³-hybridized carbons (Fsp3) is 0.667. The third-order valence-electron chi connectivity index (χ3n) is 1.35. The van der Waals surface area contributed by atoms with Gasteiger partial charge >= 0.3 is 0 Å². The first-order valence-corrected chi connectivity index (χ1v) is 3.15. The fourth-order valence-electron chi connectivity index (χ4n) is 0.900. The molecule has 2 N–H and O–H groups in total. The van der Waals surface area contributed by atoms with Gasteiger partial charge in [0.2, 0.25) is 0 Å². The van der Waals surface area contributed by atoms with E-state index in [4.69, 9.17) is 5.73 Å². The van der Waals surface area contributed by atoms with E-state index in [-0.39, 0.29) is 12.4 Å². The topological polar surface area (TPSA) is 32.5 Å². The third-order valence-corrected chi connectivity index (χ3v) is 1.35. The molecule has 0 radical (unpaired) electrons. The zero-order chi connectivity index (χ0) is 6.69. The Balaban J connectivity index is 0.000000810. The molecule has 0 amide bonds. The minimum Gasteiger partial charge on any atom is -0.362 e. The summed E-state index contributed by atoms with van der Waals surface area (Å²) in [5, 5.41) is 0. The number of nitrogens with two attached hydrogens (primary N) is 1. The summed E-state index contributed by atoms with van der Waals surface area (Å²) in [7, 11) is 2.05. The number of hydrogen-bond acceptors (Lipinski definition) is 3. The van der Waals surface area contributed by atoms with Crippen LogP contribution in [0.2, 0.25) is 0 Å². The van der Waals surface area contributed by atoms with Gasteiger partial charge in [-0.2, -0.15) is 0 Å². The van der Waals surface area contributed by atoms with E-state index in [9.17, 15) is 0 Å². The van der Waals surface area contributed by atoms with Gasteiger partial charge in [-0.25, -0.2) is 0 Å². The van der Waals surface area contributed by atoms with Gasteiger partial charge < -0.3 is 15.5 Å². The highest BCUT2D eigenvalue weighted by molar-refractivity contribution is 5.85. The van der Waals surface area contributed by atoms with Crippen molar-refractivity contribution in [2.75, 3.05) is 26.8 Å². The number of halogens is 1. The van der Waals surface area contributed by atoms with Gasteiger partial charge in [0.15, 0.2) is 0 Å². The highest BCUT2D eigenvalue weighted by Crippen LogP contribution is 2.00. The van der Waals surface area contributed by atoms with E-state index in [1.165, 1.54) is 0 Å². The van der Waals surface area contributed by atoms with Crippen LogP contribution in [0.5, 0.6) is 0 Å². The average molecular weight is 164 g/mol. The molecule has 0 atom stereocenters. The first-order chi connectivity index (χ1) is 4.33. The number of rotatable bonds is 2. The molecule has 4 heteroatoms. The molecule has 0 bridgehead atoms. The quantitative estimate of drug-likeness (QED) is 0.624. The zero-order valence-corrected chi connectivity index (χ0v) is 6.97. The highest BCUT2D eigenvalue weighted by atomic mass is 35.5. The lowest BCUT2D eigenvalue weighted by Gasteiger charge is -2.16. The molecule has 0 saturated carbocycles. The summed E-state index contributed by atoms with van der Waals surface area (Å²) < 4.78 is 0. The Morgan fingerprint density at radius 3 is 2.60 bits per heavy atom. The van der Waals surface area contributed by atoms with Crippen molar-refractivity contribution < 1.29 is 0 Å². The number of nitrogens with zero attached hydrogens (tertiary/aromatic N) is 2.